The molecule has 0 aliphatic heterocycles. The summed E-state index contributed by atoms with van der Waals surface area (Å²) in [6, 6.07) is 13.4. The summed E-state index contributed by atoms with van der Waals surface area (Å²) in [4.78, 5) is 21.0. The Morgan fingerprint density at radius 2 is 2.06 bits per heavy atom. The minimum Gasteiger partial charge on any atom is -0.497 e. The smallest absolute Gasteiger partial charge is 0.240 e. The molecule has 0 saturated heterocycles. The van der Waals surface area contributed by atoms with E-state index >= 15 is 0 Å². The van der Waals surface area contributed by atoms with Crippen LogP contribution in [0, 0.1) is 0 Å². The fraction of sp³-hybridized carbons (Fsp3) is 0.150. The van der Waals surface area contributed by atoms with Gasteiger partial charge in [0.1, 0.15) is 5.75 Å². The molecule has 0 bridgehead atoms. The summed E-state index contributed by atoms with van der Waals surface area (Å²) in [6.07, 6.45) is 0. The van der Waals surface area contributed by atoms with Crippen LogP contribution in [0.5, 0.6) is 5.75 Å². The molecule has 0 saturated carbocycles. The molecule has 4 rings (SSSR count). The lowest BCUT2D eigenvalue weighted by molar-refractivity contribution is -0.113. The van der Waals surface area contributed by atoms with Crippen molar-refractivity contribution in [2.45, 2.75) is 12.1 Å². The van der Waals surface area contributed by atoms with E-state index in [4.69, 9.17) is 4.74 Å². The van der Waals surface area contributed by atoms with Gasteiger partial charge in [-0.1, -0.05) is 39.0 Å². The summed E-state index contributed by atoms with van der Waals surface area (Å²) in [5, 5.41) is 15.0. The Hall–Kier alpha value is -2.96. The number of hydrogen-bond donors (Lipinski definition) is 3. The summed E-state index contributed by atoms with van der Waals surface area (Å²) in [7, 11) is 1.63. The third-order valence-corrected chi connectivity index (χ3v) is 6.51. The maximum Gasteiger partial charge on any atom is 0.240 e. The minimum absolute atomic E-state index is 0.158. The molecule has 1 amide bonds. The van der Waals surface area contributed by atoms with Crippen molar-refractivity contribution in [1.29, 1.82) is 0 Å². The van der Waals surface area contributed by atoms with Crippen LogP contribution in [0.2, 0.25) is 0 Å². The number of amides is 1. The number of hydrogen-bond acceptors (Lipinski definition) is 9. The largest absolute Gasteiger partial charge is 0.497 e. The Morgan fingerprint density at radius 1 is 1.25 bits per heavy atom. The number of benzene rings is 2. The zero-order valence-electron chi connectivity index (χ0n) is 17.0. The van der Waals surface area contributed by atoms with Crippen LogP contribution < -0.4 is 15.5 Å². The molecule has 0 aliphatic carbocycles. The van der Waals surface area contributed by atoms with Crippen LogP contribution in [0.25, 0.3) is 10.2 Å². The van der Waals surface area contributed by atoms with Crippen LogP contribution in [0.15, 0.2) is 57.2 Å². The van der Waals surface area contributed by atoms with Crippen LogP contribution in [-0.2, 0) is 4.79 Å². The normalized spacial score (nSPS) is 11.5. The molecule has 0 spiro atoms. The number of thioether (sulfide) groups is 1. The number of thiazole rings is 1. The molecule has 2 aromatic carbocycles. The van der Waals surface area contributed by atoms with E-state index in [1.54, 1.807) is 7.11 Å². The molecule has 0 atom stereocenters. The Labute approximate surface area is 200 Å². The van der Waals surface area contributed by atoms with Gasteiger partial charge < -0.3 is 10.1 Å². The number of halogens is 1. The minimum atomic E-state index is -0.180. The van der Waals surface area contributed by atoms with Gasteiger partial charge in [0.25, 0.3) is 0 Å². The lowest BCUT2D eigenvalue weighted by atomic mass is 10.1. The number of aromatic nitrogens is 4. The molecule has 32 heavy (non-hydrogen) atoms. The van der Waals surface area contributed by atoms with Gasteiger partial charge in [-0.25, -0.2) is 15.5 Å². The first-order valence-corrected chi connectivity index (χ1v) is 12.0. The molecule has 2 aromatic heterocycles. The first-order chi connectivity index (χ1) is 15.5. The van der Waals surface area contributed by atoms with Crippen molar-refractivity contribution >= 4 is 71.9 Å². The van der Waals surface area contributed by atoms with Crippen LogP contribution in [0.3, 0.4) is 0 Å². The SMILES string of the molecule is COc1ccc(/C(C)=N\Nc2nc(SCC(=O)Nc3nc4ccc(Br)cc4s3)n[nH]2)cc1. The van der Waals surface area contributed by atoms with E-state index in [2.05, 4.69) is 51.9 Å². The van der Waals surface area contributed by atoms with Gasteiger partial charge in [0.2, 0.25) is 17.0 Å². The van der Waals surface area contributed by atoms with Crippen molar-refractivity contribution in [1.82, 2.24) is 20.2 Å². The van der Waals surface area contributed by atoms with Crippen molar-refractivity contribution < 1.29 is 9.53 Å². The average Bonchev–Trinajstić information content (AvgIpc) is 3.42. The Balaban J connectivity index is 1.29. The van der Waals surface area contributed by atoms with Crippen molar-refractivity contribution in [2.75, 3.05) is 23.6 Å². The highest BCUT2D eigenvalue weighted by Crippen LogP contribution is 2.28. The highest BCUT2D eigenvalue weighted by atomic mass is 79.9. The number of fused-ring (bicyclic) bond motifs is 1. The second-order valence-corrected chi connectivity index (χ2v) is 9.36. The number of carbonyl (C=O) groups excluding carboxylic acids is 1. The van der Waals surface area contributed by atoms with Crippen LogP contribution in [-0.4, -0.2) is 44.6 Å². The number of carbonyl (C=O) groups is 1. The van der Waals surface area contributed by atoms with E-state index in [1.165, 1.54) is 23.1 Å². The van der Waals surface area contributed by atoms with Gasteiger partial charge >= 0.3 is 0 Å². The molecule has 3 N–H and O–H groups in total. The number of anilines is 2. The number of methoxy groups -OCH3 is 1. The van der Waals surface area contributed by atoms with Crippen molar-refractivity contribution in [2.24, 2.45) is 5.10 Å². The predicted molar refractivity (Wildman–Crippen MR) is 132 cm³/mol. The van der Waals surface area contributed by atoms with Gasteiger partial charge in [0.15, 0.2) is 5.13 Å². The first-order valence-electron chi connectivity index (χ1n) is 9.36. The lowest BCUT2D eigenvalue weighted by Crippen LogP contribution is -2.13. The second kappa shape index (κ2) is 10.1. The zero-order chi connectivity index (χ0) is 22.5. The van der Waals surface area contributed by atoms with E-state index in [-0.39, 0.29) is 11.7 Å². The number of aromatic amines is 1. The Bertz CT molecular complexity index is 1270. The average molecular weight is 532 g/mol. The molecule has 164 valence electrons. The van der Waals surface area contributed by atoms with Gasteiger partial charge in [-0.2, -0.15) is 10.1 Å². The molecule has 0 fully saturated rings. The van der Waals surface area contributed by atoms with Gasteiger partial charge in [-0.15, -0.1) is 5.10 Å². The van der Waals surface area contributed by atoms with E-state index in [9.17, 15) is 4.79 Å². The quantitative estimate of drug-likeness (QED) is 0.170. The highest BCUT2D eigenvalue weighted by molar-refractivity contribution is 9.10. The molecule has 2 heterocycles. The number of hydrazone groups is 1. The second-order valence-electron chi connectivity index (χ2n) is 6.47. The molecule has 9 nitrogen and oxygen atoms in total. The molecule has 12 heteroatoms. The predicted octanol–water partition coefficient (Wildman–Crippen LogP) is 4.75. The third kappa shape index (κ3) is 5.64. The summed E-state index contributed by atoms with van der Waals surface area (Å²) in [5.41, 5.74) is 5.41. The number of ether oxygens (including phenoxy) is 1. The number of nitrogens with zero attached hydrogens (tertiary/aromatic N) is 4. The number of nitrogens with one attached hydrogen (secondary N) is 3. The summed E-state index contributed by atoms with van der Waals surface area (Å²) in [6.45, 7) is 1.88. The summed E-state index contributed by atoms with van der Waals surface area (Å²) < 4.78 is 7.13. The van der Waals surface area contributed by atoms with Crippen LogP contribution >= 0.6 is 39.0 Å². The molecular formula is C20H18BrN7O2S2. The van der Waals surface area contributed by atoms with E-state index < -0.39 is 0 Å². The van der Waals surface area contributed by atoms with Crippen molar-refractivity contribution in [3.05, 3.63) is 52.5 Å². The van der Waals surface area contributed by atoms with Crippen LogP contribution in [0.4, 0.5) is 11.1 Å². The van der Waals surface area contributed by atoms with Gasteiger partial charge in [0, 0.05) is 4.47 Å². The molecule has 0 radical (unpaired) electrons. The third-order valence-electron chi connectivity index (χ3n) is 4.23. The fourth-order valence-electron chi connectivity index (χ4n) is 2.63. The topological polar surface area (TPSA) is 117 Å². The summed E-state index contributed by atoms with van der Waals surface area (Å²) >= 11 is 6.07. The Morgan fingerprint density at radius 3 is 2.84 bits per heavy atom. The molecule has 4 aromatic rings. The van der Waals surface area contributed by atoms with E-state index in [1.807, 2.05) is 49.4 Å². The first kappa shape index (κ1) is 22.2. The van der Waals surface area contributed by atoms with Crippen LogP contribution in [0.1, 0.15) is 12.5 Å². The van der Waals surface area contributed by atoms with Gasteiger partial charge in [0.05, 0.1) is 28.8 Å². The van der Waals surface area contributed by atoms with Crippen molar-refractivity contribution in [3.8, 4) is 5.75 Å². The molecular weight excluding hydrogens is 514 g/mol. The Kier molecular flexibility index (Phi) is 7.02. The monoisotopic (exact) mass is 531 g/mol. The number of rotatable bonds is 8. The summed E-state index contributed by atoms with van der Waals surface area (Å²) in [5.74, 6) is 1.15. The molecule has 0 aliphatic rings. The maximum absolute atomic E-state index is 12.3. The lowest BCUT2D eigenvalue weighted by Gasteiger charge is -2.03. The van der Waals surface area contributed by atoms with Gasteiger partial charge in [-0.05, 0) is 55.0 Å². The molecule has 0 unspecified atom stereocenters. The zero-order valence-corrected chi connectivity index (χ0v) is 20.3. The van der Waals surface area contributed by atoms with Gasteiger partial charge in [-0.3, -0.25) is 4.79 Å². The highest BCUT2D eigenvalue weighted by Gasteiger charge is 2.11. The standard InChI is InChI=1S/C20H18BrN7O2S2/c1-11(12-3-6-14(30-2)7-4-12)25-26-18-24-20(28-27-18)31-10-17(29)23-19-22-15-8-5-13(21)9-16(15)32-19/h3-9H,10H2,1-2H3,(H,22,23,29)(H2,24,26,27,28)/b25-11-. The maximum atomic E-state index is 12.3. The fourth-order valence-corrected chi connectivity index (χ4v) is 4.66. The van der Waals surface area contributed by atoms with E-state index in [0.717, 1.165) is 31.7 Å². The van der Waals surface area contributed by atoms with Crippen molar-refractivity contribution in [3.63, 3.8) is 0 Å². The van der Waals surface area contributed by atoms with E-state index in [0.29, 0.717) is 16.2 Å². The number of H-pyrrole nitrogens is 1.